The van der Waals surface area contributed by atoms with Crippen molar-refractivity contribution < 1.29 is 1.43 Å². The summed E-state index contributed by atoms with van der Waals surface area (Å²) in [5, 5.41) is 3.68. The topological polar surface area (TPSA) is 48.5 Å². The molecule has 0 saturated carbocycles. The van der Waals surface area contributed by atoms with Crippen molar-refractivity contribution in [2.75, 3.05) is 0 Å². The number of hydrazone groups is 1. The monoisotopic (exact) mass is 118 g/mol. The lowest BCUT2D eigenvalue weighted by Crippen LogP contribution is -2.33. The minimum atomic E-state index is 0. The Bertz CT molecular complexity index is 82.6. The zero-order valence-electron chi connectivity index (χ0n) is 5.45. The van der Waals surface area contributed by atoms with Crippen LogP contribution in [0.5, 0.6) is 0 Å². The van der Waals surface area contributed by atoms with Gasteiger partial charge in [0, 0.05) is 1.43 Å². The van der Waals surface area contributed by atoms with Gasteiger partial charge in [0.1, 0.15) is 5.84 Å². The first-order valence-corrected chi connectivity index (χ1v) is 2.70. The van der Waals surface area contributed by atoms with Gasteiger partial charge >= 0.3 is 0 Å². The van der Waals surface area contributed by atoms with Crippen molar-refractivity contribution in [3.63, 3.8) is 0 Å². The van der Waals surface area contributed by atoms with Crippen molar-refractivity contribution in [2.45, 2.75) is 20.8 Å². The van der Waals surface area contributed by atoms with E-state index in [1.807, 2.05) is 20.8 Å². The summed E-state index contributed by atoms with van der Waals surface area (Å²) in [6, 6.07) is 0. The standard InChI is InChI=1S/C2H6N4.C2H6.H2/c1-2-3-5-6-4-2;1-2;/h5-6H,1H3,(H,3,4);1-2H3;1H. The highest BCUT2D eigenvalue weighted by atomic mass is 15.8. The quantitative estimate of drug-likeness (QED) is 0.426. The van der Waals surface area contributed by atoms with Crippen LogP contribution in [-0.4, -0.2) is 5.84 Å². The van der Waals surface area contributed by atoms with Gasteiger partial charge in [-0.05, 0) is 6.92 Å². The van der Waals surface area contributed by atoms with Crippen LogP contribution in [0.25, 0.3) is 0 Å². The summed E-state index contributed by atoms with van der Waals surface area (Å²) in [6.45, 7) is 5.85. The first-order chi connectivity index (χ1) is 3.89. The fraction of sp³-hybridized carbons (Fsp3) is 0.750. The maximum Gasteiger partial charge on any atom is 0.136 e. The minimum Gasteiger partial charge on any atom is -0.289 e. The molecular formula is C4H14N4. The van der Waals surface area contributed by atoms with Crippen LogP contribution in [0.1, 0.15) is 22.2 Å². The first-order valence-electron chi connectivity index (χ1n) is 2.70. The van der Waals surface area contributed by atoms with E-state index in [1.54, 1.807) is 0 Å². The number of nitrogens with one attached hydrogen (secondary N) is 3. The molecule has 0 unspecified atom stereocenters. The Balaban J connectivity index is 0. The van der Waals surface area contributed by atoms with E-state index in [0.717, 1.165) is 5.84 Å². The summed E-state index contributed by atoms with van der Waals surface area (Å²) in [5.74, 6) is 0.856. The third-order valence-corrected chi connectivity index (χ3v) is 0.523. The molecule has 0 fully saturated rings. The van der Waals surface area contributed by atoms with Crippen LogP contribution in [0, 0.1) is 0 Å². The van der Waals surface area contributed by atoms with Crippen molar-refractivity contribution in [1.29, 1.82) is 0 Å². The summed E-state index contributed by atoms with van der Waals surface area (Å²) >= 11 is 0. The SMILES string of the molecule is CC.CC1=NNNN1.[HH]. The van der Waals surface area contributed by atoms with E-state index >= 15 is 0 Å². The normalized spacial score (nSPS) is 14.6. The van der Waals surface area contributed by atoms with Crippen LogP contribution >= 0.6 is 0 Å². The fourth-order valence-electron chi connectivity index (χ4n) is 0.258. The Morgan fingerprint density at radius 3 is 2.25 bits per heavy atom. The Morgan fingerprint density at radius 2 is 2.12 bits per heavy atom. The van der Waals surface area contributed by atoms with Crippen molar-refractivity contribution in [1.82, 2.24) is 16.5 Å². The van der Waals surface area contributed by atoms with E-state index in [2.05, 4.69) is 21.6 Å². The highest BCUT2D eigenvalue weighted by molar-refractivity contribution is 5.79. The zero-order chi connectivity index (χ0) is 6.41. The minimum absolute atomic E-state index is 0. The Kier molecular flexibility index (Phi) is 3.97. The molecule has 1 rings (SSSR count). The largest absolute Gasteiger partial charge is 0.289 e. The van der Waals surface area contributed by atoms with Gasteiger partial charge in [0.05, 0.1) is 0 Å². The lowest BCUT2D eigenvalue weighted by molar-refractivity contribution is 0.577. The van der Waals surface area contributed by atoms with Gasteiger partial charge in [-0.25, -0.2) is 5.53 Å². The van der Waals surface area contributed by atoms with E-state index in [9.17, 15) is 0 Å². The van der Waals surface area contributed by atoms with Gasteiger partial charge in [-0.1, -0.05) is 13.8 Å². The molecule has 0 atom stereocenters. The Hall–Kier alpha value is -0.770. The van der Waals surface area contributed by atoms with Crippen LogP contribution < -0.4 is 16.5 Å². The van der Waals surface area contributed by atoms with Crippen LogP contribution in [0.3, 0.4) is 0 Å². The third-order valence-electron chi connectivity index (χ3n) is 0.523. The second-order valence-corrected chi connectivity index (χ2v) is 1.06. The van der Waals surface area contributed by atoms with E-state index in [-0.39, 0.29) is 1.43 Å². The predicted molar refractivity (Wildman–Crippen MR) is 36.0 cm³/mol. The number of hydrogen-bond donors (Lipinski definition) is 3. The molecule has 0 spiro atoms. The van der Waals surface area contributed by atoms with Gasteiger partial charge in [-0.2, -0.15) is 0 Å². The van der Waals surface area contributed by atoms with Crippen molar-refractivity contribution in [3.05, 3.63) is 0 Å². The third kappa shape index (κ3) is 2.41. The molecule has 0 aliphatic carbocycles. The summed E-state index contributed by atoms with van der Waals surface area (Å²) in [4.78, 5) is 0. The van der Waals surface area contributed by atoms with Crippen LogP contribution in [0.15, 0.2) is 5.10 Å². The molecule has 3 N–H and O–H groups in total. The molecule has 4 nitrogen and oxygen atoms in total. The molecule has 0 bridgehead atoms. The Morgan fingerprint density at radius 1 is 1.50 bits per heavy atom. The smallest absolute Gasteiger partial charge is 0.136 e. The van der Waals surface area contributed by atoms with Gasteiger partial charge in [-0.15, -0.1) is 10.6 Å². The molecular weight excluding hydrogens is 104 g/mol. The second kappa shape index (κ2) is 4.39. The lowest BCUT2D eigenvalue weighted by atomic mass is 10.7. The van der Waals surface area contributed by atoms with Gasteiger partial charge in [0.15, 0.2) is 0 Å². The van der Waals surface area contributed by atoms with E-state index in [4.69, 9.17) is 0 Å². The average Bonchev–Trinajstić information content (AvgIpc) is 2.24. The molecule has 0 saturated heterocycles. The highest BCUT2D eigenvalue weighted by Gasteiger charge is 1.90. The number of hydrogen-bond acceptors (Lipinski definition) is 4. The molecule has 4 heteroatoms. The number of amidine groups is 1. The lowest BCUT2D eigenvalue weighted by Gasteiger charge is -1.87. The first kappa shape index (κ1) is 7.23. The Labute approximate surface area is 50.8 Å². The molecule has 0 aromatic heterocycles. The molecule has 1 aliphatic rings. The zero-order valence-corrected chi connectivity index (χ0v) is 5.45. The molecule has 1 aliphatic heterocycles. The molecule has 8 heavy (non-hydrogen) atoms. The molecule has 0 radical (unpaired) electrons. The fourth-order valence-corrected chi connectivity index (χ4v) is 0.258. The molecule has 0 amide bonds. The number of nitrogens with zero attached hydrogens (tertiary/aromatic N) is 1. The maximum absolute atomic E-state index is 3.68. The molecule has 0 aromatic rings. The maximum atomic E-state index is 3.68. The van der Waals surface area contributed by atoms with E-state index < -0.39 is 0 Å². The molecule has 0 aromatic carbocycles. The summed E-state index contributed by atoms with van der Waals surface area (Å²) in [5.41, 5.74) is 7.78. The second-order valence-electron chi connectivity index (χ2n) is 1.06. The van der Waals surface area contributed by atoms with Crippen molar-refractivity contribution in [2.24, 2.45) is 5.10 Å². The molecule has 50 valence electrons. The van der Waals surface area contributed by atoms with Gasteiger partial charge in [0.2, 0.25) is 0 Å². The van der Waals surface area contributed by atoms with Crippen molar-refractivity contribution in [3.8, 4) is 0 Å². The van der Waals surface area contributed by atoms with Crippen LogP contribution in [-0.2, 0) is 0 Å². The highest BCUT2D eigenvalue weighted by Crippen LogP contribution is 1.66. The van der Waals surface area contributed by atoms with Crippen LogP contribution in [0.4, 0.5) is 0 Å². The number of rotatable bonds is 0. The van der Waals surface area contributed by atoms with Crippen molar-refractivity contribution >= 4 is 5.84 Å². The predicted octanol–water partition coefficient (Wildman–Crippen LogP) is 0.204. The summed E-state index contributed by atoms with van der Waals surface area (Å²) < 4.78 is 0. The van der Waals surface area contributed by atoms with E-state index in [1.165, 1.54) is 0 Å². The van der Waals surface area contributed by atoms with Gasteiger partial charge < -0.3 is 0 Å². The molecule has 1 heterocycles. The van der Waals surface area contributed by atoms with Gasteiger partial charge in [0.25, 0.3) is 0 Å². The summed E-state index contributed by atoms with van der Waals surface area (Å²) in [7, 11) is 0. The van der Waals surface area contributed by atoms with E-state index in [0.29, 0.717) is 0 Å². The average molecular weight is 118 g/mol. The van der Waals surface area contributed by atoms with Crippen LogP contribution in [0.2, 0.25) is 0 Å². The van der Waals surface area contributed by atoms with Gasteiger partial charge in [-0.3, -0.25) is 5.43 Å². The number of hydrazine groups is 2. The summed E-state index contributed by atoms with van der Waals surface area (Å²) in [6.07, 6.45) is 0.